The molecule has 0 saturated heterocycles. The first kappa shape index (κ1) is 13.7. The van der Waals surface area contributed by atoms with E-state index in [2.05, 4.69) is 0 Å². The first-order valence-corrected chi connectivity index (χ1v) is 6.17. The van der Waals surface area contributed by atoms with Crippen LogP contribution in [-0.2, 0) is 16.0 Å². The van der Waals surface area contributed by atoms with Crippen LogP contribution >= 0.6 is 11.3 Å². The SMILES string of the molecule is CCOC(=O)C(C)(C)Cc1ccc(C(=O)O)s1. The summed E-state index contributed by atoms with van der Waals surface area (Å²) in [5, 5.41) is 8.81. The largest absolute Gasteiger partial charge is 0.477 e. The minimum atomic E-state index is -0.935. The maximum Gasteiger partial charge on any atom is 0.345 e. The van der Waals surface area contributed by atoms with Gasteiger partial charge in [-0.25, -0.2) is 4.79 Å². The molecule has 0 atom stereocenters. The van der Waals surface area contributed by atoms with Crippen molar-refractivity contribution in [2.24, 2.45) is 5.41 Å². The number of esters is 1. The van der Waals surface area contributed by atoms with Crippen molar-refractivity contribution in [3.05, 3.63) is 21.9 Å². The molecule has 0 fully saturated rings. The Balaban J connectivity index is 2.75. The maximum absolute atomic E-state index is 11.7. The van der Waals surface area contributed by atoms with Crippen LogP contribution in [0.5, 0.6) is 0 Å². The first-order chi connectivity index (χ1) is 7.86. The quantitative estimate of drug-likeness (QED) is 0.822. The number of carbonyl (C=O) groups excluding carboxylic acids is 1. The highest BCUT2D eigenvalue weighted by atomic mass is 32.1. The van der Waals surface area contributed by atoms with E-state index in [4.69, 9.17) is 9.84 Å². The van der Waals surface area contributed by atoms with Crippen LogP contribution in [0.15, 0.2) is 12.1 Å². The van der Waals surface area contributed by atoms with Gasteiger partial charge in [-0.15, -0.1) is 11.3 Å². The number of carboxylic acid groups (broad SMARTS) is 1. The summed E-state index contributed by atoms with van der Waals surface area (Å²) < 4.78 is 4.98. The number of aromatic carboxylic acids is 1. The molecule has 17 heavy (non-hydrogen) atoms. The average molecular weight is 256 g/mol. The molecule has 0 aromatic carbocycles. The van der Waals surface area contributed by atoms with E-state index in [0.717, 1.165) is 4.88 Å². The third kappa shape index (κ3) is 3.56. The molecular formula is C12H16O4S. The molecule has 0 aliphatic rings. The van der Waals surface area contributed by atoms with Gasteiger partial charge >= 0.3 is 11.9 Å². The van der Waals surface area contributed by atoms with Gasteiger partial charge in [-0.1, -0.05) is 0 Å². The van der Waals surface area contributed by atoms with E-state index < -0.39 is 11.4 Å². The number of carbonyl (C=O) groups is 2. The lowest BCUT2D eigenvalue weighted by Gasteiger charge is -2.21. The molecule has 1 N–H and O–H groups in total. The third-order valence-electron chi connectivity index (χ3n) is 2.32. The highest BCUT2D eigenvalue weighted by Crippen LogP contribution is 2.28. The zero-order valence-corrected chi connectivity index (χ0v) is 11.0. The van der Waals surface area contributed by atoms with Gasteiger partial charge in [-0.05, 0) is 39.3 Å². The predicted octanol–water partition coefficient (Wildman–Crippen LogP) is 2.58. The third-order valence-corrected chi connectivity index (χ3v) is 3.39. The Morgan fingerprint density at radius 2 is 2.06 bits per heavy atom. The van der Waals surface area contributed by atoms with Gasteiger partial charge in [0.1, 0.15) is 4.88 Å². The van der Waals surface area contributed by atoms with Gasteiger partial charge in [0.15, 0.2) is 0 Å². The maximum atomic E-state index is 11.7. The molecule has 0 unspecified atom stereocenters. The van der Waals surface area contributed by atoms with Crippen LogP contribution in [0.2, 0.25) is 0 Å². The van der Waals surface area contributed by atoms with Crippen LogP contribution < -0.4 is 0 Å². The molecule has 1 aromatic rings. The molecule has 0 spiro atoms. The van der Waals surface area contributed by atoms with Crippen molar-refractivity contribution < 1.29 is 19.4 Å². The van der Waals surface area contributed by atoms with Crippen LogP contribution in [0, 0.1) is 5.41 Å². The normalized spacial score (nSPS) is 11.2. The van der Waals surface area contributed by atoms with Crippen molar-refractivity contribution in [2.45, 2.75) is 27.2 Å². The van der Waals surface area contributed by atoms with E-state index >= 15 is 0 Å². The van der Waals surface area contributed by atoms with Gasteiger partial charge < -0.3 is 9.84 Å². The average Bonchev–Trinajstić information content (AvgIpc) is 2.66. The Hall–Kier alpha value is -1.36. The minimum absolute atomic E-state index is 0.259. The monoisotopic (exact) mass is 256 g/mol. The van der Waals surface area contributed by atoms with Gasteiger partial charge in [0.2, 0.25) is 0 Å². The minimum Gasteiger partial charge on any atom is -0.477 e. The van der Waals surface area contributed by atoms with Crippen LogP contribution in [0.1, 0.15) is 35.3 Å². The summed E-state index contributed by atoms with van der Waals surface area (Å²) in [5.41, 5.74) is -0.628. The topological polar surface area (TPSA) is 63.6 Å². The highest BCUT2D eigenvalue weighted by Gasteiger charge is 2.30. The van der Waals surface area contributed by atoms with E-state index in [1.54, 1.807) is 32.9 Å². The molecule has 94 valence electrons. The number of carboxylic acids is 1. The van der Waals surface area contributed by atoms with Gasteiger partial charge in [-0.3, -0.25) is 4.79 Å². The standard InChI is InChI=1S/C12H16O4S/c1-4-16-11(15)12(2,3)7-8-5-6-9(17-8)10(13)14/h5-6H,4,7H2,1-3H3,(H,13,14). The molecule has 0 aliphatic heterocycles. The number of hydrogen-bond acceptors (Lipinski definition) is 4. The lowest BCUT2D eigenvalue weighted by Crippen LogP contribution is -2.28. The molecule has 1 aromatic heterocycles. The van der Waals surface area contributed by atoms with Gasteiger partial charge in [0.05, 0.1) is 12.0 Å². The van der Waals surface area contributed by atoms with E-state index in [0.29, 0.717) is 17.9 Å². The zero-order valence-electron chi connectivity index (χ0n) is 10.1. The molecule has 0 bridgehead atoms. The molecule has 0 saturated carbocycles. The molecule has 0 radical (unpaired) electrons. The van der Waals surface area contributed by atoms with Crippen molar-refractivity contribution in [1.82, 2.24) is 0 Å². The summed E-state index contributed by atoms with van der Waals surface area (Å²) in [6.45, 7) is 5.71. The Morgan fingerprint density at radius 3 is 2.53 bits per heavy atom. The van der Waals surface area contributed by atoms with Crippen LogP contribution in [-0.4, -0.2) is 23.7 Å². The fourth-order valence-electron chi connectivity index (χ4n) is 1.42. The van der Waals surface area contributed by atoms with Crippen molar-refractivity contribution in [3.63, 3.8) is 0 Å². The van der Waals surface area contributed by atoms with Crippen molar-refractivity contribution in [1.29, 1.82) is 0 Å². The summed E-state index contributed by atoms with van der Waals surface area (Å²) in [7, 11) is 0. The second-order valence-electron chi connectivity index (χ2n) is 4.35. The first-order valence-electron chi connectivity index (χ1n) is 5.36. The van der Waals surface area contributed by atoms with Crippen LogP contribution in [0.3, 0.4) is 0 Å². The smallest absolute Gasteiger partial charge is 0.345 e. The van der Waals surface area contributed by atoms with Gasteiger partial charge in [-0.2, -0.15) is 0 Å². The van der Waals surface area contributed by atoms with E-state index in [-0.39, 0.29) is 5.97 Å². The Bertz CT molecular complexity index is 420. The second-order valence-corrected chi connectivity index (χ2v) is 5.52. The molecule has 0 aliphatic carbocycles. The van der Waals surface area contributed by atoms with E-state index in [1.165, 1.54) is 11.3 Å². The Labute approximate surface area is 104 Å². The molecule has 0 amide bonds. The zero-order chi connectivity index (χ0) is 13.1. The van der Waals surface area contributed by atoms with E-state index in [9.17, 15) is 9.59 Å². The van der Waals surface area contributed by atoms with Crippen LogP contribution in [0.25, 0.3) is 0 Å². The highest BCUT2D eigenvalue weighted by molar-refractivity contribution is 7.13. The second kappa shape index (κ2) is 5.31. The Kier molecular flexibility index (Phi) is 4.28. The van der Waals surface area contributed by atoms with Crippen molar-refractivity contribution in [3.8, 4) is 0 Å². The number of hydrogen-bond donors (Lipinski definition) is 1. The van der Waals surface area contributed by atoms with Crippen molar-refractivity contribution in [2.75, 3.05) is 6.61 Å². The molecule has 5 heteroatoms. The molecule has 4 nitrogen and oxygen atoms in total. The number of thiophene rings is 1. The molecule has 1 rings (SSSR count). The summed E-state index contributed by atoms with van der Waals surface area (Å²) in [6.07, 6.45) is 0.490. The number of rotatable bonds is 5. The predicted molar refractivity (Wildman–Crippen MR) is 65.4 cm³/mol. The molecule has 1 heterocycles. The lowest BCUT2D eigenvalue weighted by atomic mass is 9.89. The summed E-state index contributed by atoms with van der Waals surface area (Å²) in [4.78, 5) is 23.6. The number of ether oxygens (including phenoxy) is 1. The summed E-state index contributed by atoms with van der Waals surface area (Å²) in [6, 6.07) is 3.30. The van der Waals surface area contributed by atoms with Gasteiger partial charge in [0, 0.05) is 4.88 Å². The van der Waals surface area contributed by atoms with Crippen LogP contribution in [0.4, 0.5) is 0 Å². The molecular weight excluding hydrogens is 240 g/mol. The lowest BCUT2D eigenvalue weighted by molar-refractivity contribution is -0.153. The van der Waals surface area contributed by atoms with E-state index in [1.807, 2.05) is 0 Å². The van der Waals surface area contributed by atoms with Gasteiger partial charge in [0.25, 0.3) is 0 Å². The van der Waals surface area contributed by atoms with Crippen molar-refractivity contribution >= 4 is 23.3 Å². The summed E-state index contributed by atoms with van der Waals surface area (Å²) in [5.74, 6) is -1.19. The fourth-order valence-corrected chi connectivity index (χ4v) is 2.50. The fraction of sp³-hybridized carbons (Fsp3) is 0.500. The Morgan fingerprint density at radius 1 is 1.41 bits per heavy atom. The summed E-state index contributed by atoms with van der Waals surface area (Å²) >= 11 is 1.20.